The summed E-state index contributed by atoms with van der Waals surface area (Å²) in [5.41, 5.74) is -0.520. The van der Waals surface area contributed by atoms with E-state index in [9.17, 15) is 4.79 Å². The van der Waals surface area contributed by atoms with Crippen LogP contribution in [0, 0.1) is 36.0 Å². The number of esters is 1. The van der Waals surface area contributed by atoms with Crippen molar-refractivity contribution < 1.29 is 9.53 Å². The molecule has 0 amide bonds. The normalized spacial score (nSPS) is 32.0. The molecule has 0 bridgehead atoms. The molecule has 3 nitrogen and oxygen atoms in total. The Bertz CT molecular complexity index is 282. The van der Waals surface area contributed by atoms with Crippen molar-refractivity contribution >= 4 is 5.97 Å². The van der Waals surface area contributed by atoms with Crippen LogP contribution in [-0.2, 0) is 9.53 Å². The van der Waals surface area contributed by atoms with Gasteiger partial charge in [0.05, 0.1) is 5.41 Å². The second-order valence-corrected chi connectivity index (χ2v) is 4.39. The summed E-state index contributed by atoms with van der Waals surface area (Å²) in [6.07, 6.45) is 3.87. The zero-order chi connectivity index (χ0) is 11.5. The second-order valence-electron chi connectivity index (χ2n) is 4.39. The Hall–Kier alpha value is -1.04. The van der Waals surface area contributed by atoms with Gasteiger partial charge in [0.1, 0.15) is 6.07 Å². The van der Waals surface area contributed by atoms with Crippen molar-refractivity contribution in [3.63, 3.8) is 0 Å². The van der Waals surface area contributed by atoms with Gasteiger partial charge in [-0.3, -0.25) is 4.79 Å². The highest BCUT2D eigenvalue weighted by atomic mass is 16.5. The predicted octanol–water partition coefficient (Wildman–Crippen LogP) is 2.29. The zero-order valence-corrected chi connectivity index (χ0v) is 9.32. The van der Waals surface area contributed by atoms with Crippen LogP contribution in [-0.4, -0.2) is 12.1 Å². The largest absolute Gasteiger partial charge is 0.447 e. The zero-order valence-electron chi connectivity index (χ0n) is 9.32. The third kappa shape index (κ3) is 2.71. The summed E-state index contributed by atoms with van der Waals surface area (Å²) in [6, 6.07) is 1.89. The maximum atomic E-state index is 11.8. The smallest absolute Gasteiger partial charge is 0.313 e. The number of hydrogen-bond acceptors (Lipinski definition) is 3. The molecular formula is C12H17NO2. The number of ether oxygens (including phenoxy) is 1. The topological polar surface area (TPSA) is 50.1 Å². The van der Waals surface area contributed by atoms with Crippen molar-refractivity contribution in [2.24, 2.45) is 11.3 Å². The van der Waals surface area contributed by atoms with Crippen molar-refractivity contribution in [2.75, 3.05) is 0 Å². The Morgan fingerprint density at radius 2 is 2.53 bits per heavy atom. The molecule has 1 rings (SSSR count). The molecule has 3 heteroatoms. The number of nitriles is 1. The van der Waals surface area contributed by atoms with E-state index < -0.39 is 11.5 Å². The highest BCUT2D eigenvalue weighted by molar-refractivity contribution is 5.78. The van der Waals surface area contributed by atoms with E-state index in [1.54, 1.807) is 6.92 Å². The average Bonchev–Trinajstić information content (AvgIpc) is 2.61. The first-order valence-electron chi connectivity index (χ1n) is 5.26. The molecule has 0 spiro atoms. The average molecular weight is 207 g/mol. The molecule has 0 aromatic carbocycles. The minimum absolute atomic E-state index is 0.285. The molecule has 0 heterocycles. The van der Waals surface area contributed by atoms with Crippen LogP contribution in [0.4, 0.5) is 0 Å². The molecule has 1 fully saturated rings. The van der Waals surface area contributed by atoms with Crippen molar-refractivity contribution in [1.29, 1.82) is 5.26 Å². The first kappa shape index (κ1) is 12.0. The van der Waals surface area contributed by atoms with Gasteiger partial charge >= 0.3 is 5.97 Å². The summed E-state index contributed by atoms with van der Waals surface area (Å²) in [7, 11) is 0. The third-order valence-corrected chi connectivity index (χ3v) is 2.95. The van der Waals surface area contributed by atoms with E-state index >= 15 is 0 Å². The monoisotopic (exact) mass is 207 g/mol. The summed E-state index contributed by atoms with van der Waals surface area (Å²) >= 11 is 0. The molecule has 1 aliphatic rings. The van der Waals surface area contributed by atoms with E-state index in [2.05, 4.69) is 6.92 Å². The highest BCUT2D eigenvalue weighted by Crippen LogP contribution is 2.42. The molecule has 3 unspecified atom stereocenters. The Kier molecular flexibility index (Phi) is 3.73. The molecule has 3 atom stereocenters. The molecule has 15 heavy (non-hydrogen) atoms. The Labute approximate surface area is 91.4 Å². The van der Waals surface area contributed by atoms with E-state index in [1.165, 1.54) is 0 Å². The minimum atomic E-state index is -0.665. The second kappa shape index (κ2) is 4.65. The molecule has 0 aromatic heterocycles. The standard InChI is InChI=1S/C12H17NO2/c1-4-10-5-6-12(3,7-10)11(14)15-9(2)8-13/h6,9-10H,1,4-5,7H2,2-3H3. The molecule has 82 valence electrons. The van der Waals surface area contributed by atoms with Crippen LogP contribution in [0.5, 0.6) is 0 Å². The molecular weight excluding hydrogens is 190 g/mol. The van der Waals surface area contributed by atoms with Crippen LogP contribution in [0.25, 0.3) is 0 Å². The van der Waals surface area contributed by atoms with Gasteiger partial charge in [0.15, 0.2) is 6.10 Å². The minimum Gasteiger partial charge on any atom is -0.447 e. The summed E-state index contributed by atoms with van der Waals surface area (Å²) in [4.78, 5) is 11.8. The lowest BCUT2D eigenvalue weighted by Gasteiger charge is -2.22. The molecule has 0 aliphatic heterocycles. The van der Waals surface area contributed by atoms with Crippen LogP contribution in [0.3, 0.4) is 0 Å². The van der Waals surface area contributed by atoms with Gasteiger partial charge in [-0.05, 0) is 39.0 Å². The lowest BCUT2D eigenvalue weighted by molar-refractivity contribution is -0.155. The molecule has 0 N–H and O–H groups in total. The number of hydrogen-bond donors (Lipinski definition) is 0. The number of rotatable bonds is 3. The Morgan fingerprint density at radius 1 is 1.87 bits per heavy atom. The van der Waals surface area contributed by atoms with E-state index in [0.717, 1.165) is 19.3 Å². The van der Waals surface area contributed by atoms with Crippen LogP contribution in [0.2, 0.25) is 0 Å². The van der Waals surface area contributed by atoms with Crippen molar-refractivity contribution in [3.05, 3.63) is 13.3 Å². The van der Waals surface area contributed by atoms with Gasteiger partial charge < -0.3 is 4.74 Å². The number of carbonyl (C=O) groups excluding carboxylic acids is 1. The van der Waals surface area contributed by atoms with Crippen molar-refractivity contribution in [2.45, 2.75) is 39.2 Å². The summed E-state index contributed by atoms with van der Waals surface area (Å²) < 4.78 is 5.03. The van der Waals surface area contributed by atoms with E-state index in [1.807, 2.05) is 19.4 Å². The fraction of sp³-hybridized carbons (Fsp3) is 0.667. The molecule has 2 radical (unpaired) electrons. The molecule has 1 saturated carbocycles. The van der Waals surface area contributed by atoms with E-state index in [4.69, 9.17) is 10.00 Å². The van der Waals surface area contributed by atoms with Gasteiger partial charge in [-0.25, -0.2) is 0 Å². The third-order valence-electron chi connectivity index (χ3n) is 2.95. The fourth-order valence-electron chi connectivity index (χ4n) is 1.90. The SMILES string of the molecule is [CH2]CC1C[CH]C(C)(C(=O)OC(C)C#N)C1. The molecule has 0 saturated heterocycles. The van der Waals surface area contributed by atoms with Crippen LogP contribution in [0.15, 0.2) is 0 Å². The van der Waals surface area contributed by atoms with Gasteiger partial charge in [-0.2, -0.15) is 5.26 Å². The van der Waals surface area contributed by atoms with E-state index in [0.29, 0.717) is 5.92 Å². The van der Waals surface area contributed by atoms with Gasteiger partial charge in [-0.15, -0.1) is 0 Å². The van der Waals surface area contributed by atoms with Crippen LogP contribution >= 0.6 is 0 Å². The lowest BCUT2D eigenvalue weighted by atomic mass is 9.87. The van der Waals surface area contributed by atoms with Gasteiger partial charge in [0, 0.05) is 0 Å². The van der Waals surface area contributed by atoms with Gasteiger partial charge in [0.25, 0.3) is 0 Å². The predicted molar refractivity (Wildman–Crippen MR) is 56.3 cm³/mol. The Balaban J connectivity index is 2.56. The summed E-state index contributed by atoms with van der Waals surface area (Å²) in [6.45, 7) is 7.29. The maximum absolute atomic E-state index is 11.8. The molecule has 1 aliphatic carbocycles. The van der Waals surface area contributed by atoms with Crippen molar-refractivity contribution in [1.82, 2.24) is 0 Å². The number of carbonyl (C=O) groups is 1. The first-order chi connectivity index (χ1) is 7.01. The Morgan fingerprint density at radius 3 is 3.00 bits per heavy atom. The number of nitrogens with zero attached hydrogens (tertiary/aromatic N) is 1. The quantitative estimate of drug-likeness (QED) is 0.667. The summed E-state index contributed by atoms with van der Waals surface area (Å²) in [5, 5.41) is 8.56. The fourth-order valence-corrected chi connectivity index (χ4v) is 1.90. The highest BCUT2D eigenvalue weighted by Gasteiger charge is 2.42. The molecule has 0 aromatic rings. The summed E-state index contributed by atoms with van der Waals surface area (Å²) in [5.74, 6) is 0.187. The van der Waals surface area contributed by atoms with Crippen LogP contribution < -0.4 is 0 Å². The lowest BCUT2D eigenvalue weighted by Crippen LogP contribution is -2.30. The van der Waals surface area contributed by atoms with Crippen LogP contribution in [0.1, 0.15) is 33.1 Å². The van der Waals surface area contributed by atoms with Crippen molar-refractivity contribution in [3.8, 4) is 6.07 Å². The van der Waals surface area contributed by atoms with E-state index in [-0.39, 0.29) is 5.97 Å². The van der Waals surface area contributed by atoms with Gasteiger partial charge in [-0.1, -0.05) is 13.3 Å². The van der Waals surface area contributed by atoms with Gasteiger partial charge in [0.2, 0.25) is 0 Å². The maximum Gasteiger partial charge on any atom is 0.313 e. The first-order valence-corrected chi connectivity index (χ1v) is 5.26.